The highest BCUT2D eigenvalue weighted by Gasteiger charge is 2.43. The molecule has 1 aliphatic heterocycles. The van der Waals surface area contributed by atoms with E-state index in [4.69, 9.17) is 0 Å². The lowest BCUT2D eigenvalue weighted by molar-refractivity contribution is -0.120. The molecular weight excluding hydrogens is 200 g/mol. The van der Waals surface area contributed by atoms with Crippen LogP contribution in [0.4, 0.5) is 11.4 Å². The van der Waals surface area contributed by atoms with Crippen molar-refractivity contribution in [2.45, 2.75) is 38.1 Å². The molecular formula is C13H16N2O. The molecule has 1 heterocycles. The van der Waals surface area contributed by atoms with Crippen molar-refractivity contribution in [2.75, 3.05) is 10.6 Å². The van der Waals surface area contributed by atoms with Crippen LogP contribution < -0.4 is 10.6 Å². The lowest BCUT2D eigenvalue weighted by Gasteiger charge is -2.35. The Morgan fingerprint density at radius 2 is 1.94 bits per heavy atom. The topological polar surface area (TPSA) is 41.1 Å². The number of carbonyl (C=O) groups is 1. The lowest BCUT2D eigenvalue weighted by Crippen LogP contribution is -2.50. The quantitative estimate of drug-likeness (QED) is 0.700. The number of nitrogens with one attached hydrogen (secondary N) is 2. The lowest BCUT2D eigenvalue weighted by atomic mass is 9.93. The summed E-state index contributed by atoms with van der Waals surface area (Å²) in [6, 6.07) is 6.10. The first-order chi connectivity index (χ1) is 7.70. The molecule has 1 aliphatic carbocycles. The van der Waals surface area contributed by atoms with E-state index in [0.29, 0.717) is 0 Å². The fraction of sp³-hybridized carbons (Fsp3) is 0.462. The second kappa shape index (κ2) is 3.24. The second-order valence-electron chi connectivity index (χ2n) is 4.92. The highest BCUT2D eigenvalue weighted by molar-refractivity contribution is 6.06. The van der Waals surface area contributed by atoms with Crippen LogP contribution in [0.15, 0.2) is 18.2 Å². The van der Waals surface area contributed by atoms with Gasteiger partial charge in [-0.1, -0.05) is 18.9 Å². The Kier molecular flexibility index (Phi) is 1.96. The summed E-state index contributed by atoms with van der Waals surface area (Å²) >= 11 is 0. The summed E-state index contributed by atoms with van der Waals surface area (Å²) in [4.78, 5) is 12.1. The molecule has 16 heavy (non-hydrogen) atoms. The summed E-state index contributed by atoms with van der Waals surface area (Å²) in [5, 5.41) is 6.47. The van der Waals surface area contributed by atoms with E-state index in [1.807, 2.05) is 12.1 Å². The van der Waals surface area contributed by atoms with Gasteiger partial charge in [0.25, 0.3) is 0 Å². The van der Waals surface area contributed by atoms with Crippen molar-refractivity contribution in [3.8, 4) is 0 Å². The minimum absolute atomic E-state index is 0.140. The standard InChI is InChI=1S/C13H16N2O/c1-9-4-5-10-11(8-9)15-13(12(16)14-10)6-2-3-7-13/h4-5,8,15H,2-3,6-7H2,1H3,(H,14,16). The number of amides is 1. The van der Waals surface area contributed by atoms with Gasteiger partial charge in [0.15, 0.2) is 0 Å². The molecule has 1 saturated carbocycles. The summed E-state index contributed by atoms with van der Waals surface area (Å²) in [5.41, 5.74) is 2.87. The molecule has 3 nitrogen and oxygen atoms in total. The average molecular weight is 216 g/mol. The first-order valence-corrected chi connectivity index (χ1v) is 5.90. The van der Waals surface area contributed by atoms with Crippen molar-refractivity contribution in [3.05, 3.63) is 23.8 Å². The van der Waals surface area contributed by atoms with Crippen molar-refractivity contribution in [2.24, 2.45) is 0 Å². The fourth-order valence-electron chi connectivity index (χ4n) is 2.76. The molecule has 0 unspecified atom stereocenters. The zero-order chi connectivity index (χ0) is 11.2. The van der Waals surface area contributed by atoms with Crippen LogP contribution in [0.1, 0.15) is 31.2 Å². The Morgan fingerprint density at radius 1 is 1.19 bits per heavy atom. The van der Waals surface area contributed by atoms with Gasteiger partial charge in [-0.2, -0.15) is 0 Å². The van der Waals surface area contributed by atoms with Gasteiger partial charge in [-0.25, -0.2) is 0 Å². The molecule has 1 amide bonds. The molecule has 0 atom stereocenters. The van der Waals surface area contributed by atoms with Gasteiger partial charge in [-0.15, -0.1) is 0 Å². The van der Waals surface area contributed by atoms with Crippen molar-refractivity contribution in [1.82, 2.24) is 0 Å². The van der Waals surface area contributed by atoms with Gasteiger partial charge in [0.1, 0.15) is 5.54 Å². The average Bonchev–Trinajstić information content (AvgIpc) is 2.70. The van der Waals surface area contributed by atoms with Crippen LogP contribution in [0.3, 0.4) is 0 Å². The number of hydrogen-bond donors (Lipinski definition) is 2. The van der Waals surface area contributed by atoms with Crippen molar-refractivity contribution >= 4 is 17.3 Å². The minimum Gasteiger partial charge on any atom is -0.370 e. The number of carbonyl (C=O) groups excluding carboxylic acids is 1. The predicted molar refractivity (Wildman–Crippen MR) is 64.6 cm³/mol. The van der Waals surface area contributed by atoms with Crippen LogP contribution in [-0.4, -0.2) is 11.4 Å². The number of hydrogen-bond acceptors (Lipinski definition) is 2. The molecule has 1 aromatic rings. The third kappa shape index (κ3) is 1.31. The number of rotatable bonds is 0. The van der Waals surface area contributed by atoms with Gasteiger partial charge in [0.2, 0.25) is 5.91 Å². The number of anilines is 2. The molecule has 1 spiro atoms. The fourth-order valence-corrected chi connectivity index (χ4v) is 2.76. The SMILES string of the molecule is Cc1ccc2c(c1)NC1(CCCC1)C(=O)N2. The molecule has 3 heteroatoms. The Morgan fingerprint density at radius 3 is 2.69 bits per heavy atom. The third-order valence-corrected chi connectivity index (χ3v) is 3.69. The van der Waals surface area contributed by atoms with E-state index in [2.05, 4.69) is 23.6 Å². The summed E-state index contributed by atoms with van der Waals surface area (Å²) in [7, 11) is 0. The van der Waals surface area contributed by atoms with Gasteiger partial charge in [0.05, 0.1) is 11.4 Å². The minimum atomic E-state index is -0.333. The van der Waals surface area contributed by atoms with E-state index >= 15 is 0 Å². The maximum atomic E-state index is 12.1. The van der Waals surface area contributed by atoms with E-state index in [1.54, 1.807) is 0 Å². The molecule has 0 bridgehead atoms. The summed E-state index contributed by atoms with van der Waals surface area (Å²) in [6.45, 7) is 2.07. The molecule has 2 aliphatic rings. The largest absolute Gasteiger partial charge is 0.370 e. The zero-order valence-electron chi connectivity index (χ0n) is 9.47. The number of aryl methyl sites for hydroxylation is 1. The Balaban J connectivity index is 2.02. The second-order valence-corrected chi connectivity index (χ2v) is 4.92. The van der Waals surface area contributed by atoms with E-state index < -0.39 is 0 Å². The monoisotopic (exact) mass is 216 g/mol. The molecule has 2 N–H and O–H groups in total. The number of fused-ring (bicyclic) bond motifs is 1. The normalized spacial score (nSPS) is 21.4. The summed E-state index contributed by atoms with van der Waals surface area (Å²) in [5.74, 6) is 0.140. The van der Waals surface area contributed by atoms with Crippen LogP contribution in [-0.2, 0) is 4.79 Å². The van der Waals surface area contributed by atoms with Gasteiger partial charge in [0, 0.05) is 0 Å². The zero-order valence-corrected chi connectivity index (χ0v) is 9.47. The van der Waals surface area contributed by atoms with Gasteiger partial charge in [-0.3, -0.25) is 4.79 Å². The Bertz CT molecular complexity index is 447. The maximum absolute atomic E-state index is 12.1. The van der Waals surface area contributed by atoms with Crippen LogP contribution in [0.2, 0.25) is 0 Å². The van der Waals surface area contributed by atoms with Gasteiger partial charge < -0.3 is 10.6 Å². The first kappa shape index (κ1) is 9.70. The first-order valence-electron chi connectivity index (χ1n) is 5.90. The predicted octanol–water partition coefficient (Wildman–Crippen LogP) is 2.67. The molecule has 3 rings (SSSR count). The van der Waals surface area contributed by atoms with Gasteiger partial charge >= 0.3 is 0 Å². The number of benzene rings is 1. The summed E-state index contributed by atoms with van der Waals surface area (Å²) in [6.07, 6.45) is 4.18. The van der Waals surface area contributed by atoms with Crippen molar-refractivity contribution in [1.29, 1.82) is 0 Å². The highest BCUT2D eigenvalue weighted by atomic mass is 16.2. The Hall–Kier alpha value is -1.51. The molecule has 84 valence electrons. The smallest absolute Gasteiger partial charge is 0.250 e. The van der Waals surface area contributed by atoms with Crippen molar-refractivity contribution in [3.63, 3.8) is 0 Å². The van der Waals surface area contributed by atoms with Crippen molar-refractivity contribution < 1.29 is 4.79 Å². The maximum Gasteiger partial charge on any atom is 0.250 e. The third-order valence-electron chi connectivity index (χ3n) is 3.69. The molecule has 1 aromatic carbocycles. The van der Waals surface area contributed by atoms with E-state index in [0.717, 1.165) is 37.1 Å². The van der Waals surface area contributed by atoms with Crippen LogP contribution in [0, 0.1) is 6.92 Å². The molecule has 1 fully saturated rings. The molecule has 0 aromatic heterocycles. The highest BCUT2D eigenvalue weighted by Crippen LogP contribution is 2.40. The molecule has 0 radical (unpaired) electrons. The Labute approximate surface area is 95.2 Å². The molecule has 0 saturated heterocycles. The van der Waals surface area contributed by atoms with E-state index in [-0.39, 0.29) is 11.4 Å². The van der Waals surface area contributed by atoms with E-state index in [9.17, 15) is 4.79 Å². The van der Waals surface area contributed by atoms with Crippen LogP contribution in [0.25, 0.3) is 0 Å². The van der Waals surface area contributed by atoms with Crippen LogP contribution >= 0.6 is 0 Å². The van der Waals surface area contributed by atoms with E-state index in [1.165, 1.54) is 5.56 Å². The van der Waals surface area contributed by atoms with Gasteiger partial charge in [-0.05, 0) is 37.5 Å². The van der Waals surface area contributed by atoms with Crippen LogP contribution in [0.5, 0.6) is 0 Å². The summed E-state index contributed by atoms with van der Waals surface area (Å²) < 4.78 is 0.